The van der Waals surface area contributed by atoms with Crippen LogP contribution in [-0.4, -0.2) is 10.6 Å². The van der Waals surface area contributed by atoms with E-state index in [9.17, 15) is 0 Å². The van der Waals surface area contributed by atoms with Crippen LogP contribution in [0.5, 0.6) is 0 Å². The zero-order valence-corrected chi connectivity index (χ0v) is 9.37. The molecule has 1 nitrogen and oxygen atoms in total. The highest BCUT2D eigenvalue weighted by atomic mass is 16.1. The predicted molar refractivity (Wildman–Crippen MR) is 68.3 cm³/mol. The van der Waals surface area contributed by atoms with E-state index in [1.54, 1.807) is 24.3 Å². The van der Waals surface area contributed by atoms with E-state index in [4.69, 9.17) is 1.43 Å². The summed E-state index contributed by atoms with van der Waals surface area (Å²) in [7, 11) is 0. The maximum absolute atomic E-state index is 6.90. The summed E-state index contributed by atoms with van der Waals surface area (Å²) in [6.45, 7) is 3.80. The standard InChI is InChI=1S/C15H12O/c1-13-7-3-4-8-14(2)10-6-12-15(16)11-5-9-13/h5-6,9-12H,1-2H3/p+1/b11-5+,12-6+,13-9-,14-10-/i/hD. The lowest BCUT2D eigenvalue weighted by atomic mass is 10.2. The first-order valence-corrected chi connectivity index (χ1v) is 4.94. The second-order valence-corrected chi connectivity index (χ2v) is 3.32. The fourth-order valence-electron chi connectivity index (χ4n) is 0.973. The van der Waals surface area contributed by atoms with Crippen LogP contribution in [0, 0.1) is 23.7 Å². The van der Waals surface area contributed by atoms with Crippen molar-refractivity contribution in [2.45, 2.75) is 13.8 Å². The quantitative estimate of drug-likeness (QED) is 0.433. The minimum absolute atomic E-state index is 0.457. The molecule has 0 aliphatic heterocycles. The lowest BCUT2D eigenvalue weighted by Crippen LogP contribution is -1.84. The van der Waals surface area contributed by atoms with Gasteiger partial charge in [-0.15, -0.1) is 0 Å². The van der Waals surface area contributed by atoms with Crippen molar-refractivity contribution in [3.05, 3.63) is 47.6 Å². The van der Waals surface area contributed by atoms with Gasteiger partial charge in [0.2, 0.25) is 0 Å². The Morgan fingerprint density at radius 1 is 1.00 bits per heavy atom. The summed E-state index contributed by atoms with van der Waals surface area (Å²) in [6.07, 6.45) is 10.7. The van der Waals surface area contributed by atoms with Crippen molar-refractivity contribution in [2.24, 2.45) is 0 Å². The van der Waals surface area contributed by atoms with Crippen molar-refractivity contribution in [3.63, 3.8) is 0 Å². The molecule has 1 aliphatic carbocycles. The van der Waals surface area contributed by atoms with E-state index in [0.717, 1.165) is 11.1 Å². The molecule has 0 fully saturated rings. The normalized spacial score (nSPS) is 26.4. The fraction of sp³-hybridized carbons (Fsp3) is 0.133. The summed E-state index contributed by atoms with van der Waals surface area (Å²) in [6, 6.07) is 0. The Hall–Kier alpha value is -2.25. The van der Waals surface area contributed by atoms with Crippen molar-refractivity contribution in [3.8, 4) is 23.7 Å². The van der Waals surface area contributed by atoms with E-state index in [-0.39, 0.29) is 0 Å². The molecule has 1 N–H and O–H groups in total. The monoisotopic (exact) mass is 210 g/mol. The van der Waals surface area contributed by atoms with E-state index in [0.29, 0.717) is 5.78 Å². The molecule has 78 valence electrons. The zero-order valence-electron chi connectivity index (χ0n) is 10.4. The van der Waals surface area contributed by atoms with Crippen LogP contribution in [0.25, 0.3) is 0 Å². The van der Waals surface area contributed by atoms with Crippen LogP contribution in [0.2, 0.25) is 0 Å². The summed E-state index contributed by atoms with van der Waals surface area (Å²) in [5, 5.41) is 0. The molecule has 0 aromatic rings. The topological polar surface area (TPSA) is 21.4 Å². The number of hydrogen-bond acceptors (Lipinski definition) is 0. The number of allylic oxidation sites excluding steroid dienone is 8. The summed E-state index contributed by atoms with van der Waals surface area (Å²) in [4.78, 5) is 4.46. The molecule has 0 spiro atoms. The molecule has 0 unspecified atom stereocenters. The van der Waals surface area contributed by atoms with E-state index >= 15 is 0 Å². The first-order valence-electron chi connectivity index (χ1n) is 5.35. The second kappa shape index (κ2) is 6.27. The van der Waals surface area contributed by atoms with Crippen molar-refractivity contribution in [1.82, 2.24) is 0 Å². The van der Waals surface area contributed by atoms with Crippen LogP contribution in [0.3, 0.4) is 0 Å². The van der Waals surface area contributed by atoms with Crippen LogP contribution >= 0.6 is 0 Å². The summed E-state index contributed by atoms with van der Waals surface area (Å²) >= 11 is 0. The second-order valence-electron chi connectivity index (χ2n) is 3.32. The predicted octanol–water partition coefficient (Wildman–Crippen LogP) is 2.56. The summed E-state index contributed by atoms with van der Waals surface area (Å²) < 4.78 is 6.90. The van der Waals surface area contributed by atoms with Gasteiger partial charge in [0, 0.05) is 12.2 Å². The maximum Gasteiger partial charge on any atom is 0.686 e. The van der Waals surface area contributed by atoms with Crippen molar-refractivity contribution in [2.75, 3.05) is 0 Å². The molecule has 1 rings (SSSR count). The van der Waals surface area contributed by atoms with Gasteiger partial charge < -0.3 is 0 Å². The fourth-order valence-corrected chi connectivity index (χ4v) is 0.973. The Morgan fingerprint density at radius 3 is 1.94 bits per heavy atom. The zero-order chi connectivity index (χ0) is 12.5. The molecular formula is C15H13O+. The van der Waals surface area contributed by atoms with Gasteiger partial charge in [-0.2, -0.15) is 0 Å². The Kier molecular flexibility index (Phi) is 4.03. The Morgan fingerprint density at radius 2 is 1.50 bits per heavy atom. The van der Waals surface area contributed by atoms with Crippen LogP contribution in [0.4, 0.5) is 0 Å². The average Bonchev–Trinajstić information content (AvgIpc) is 2.33. The lowest BCUT2D eigenvalue weighted by Gasteiger charge is -1.80. The first kappa shape index (κ1) is 10.3. The highest BCUT2D eigenvalue weighted by molar-refractivity contribution is 6.00. The van der Waals surface area contributed by atoms with Gasteiger partial charge in [0.15, 0.2) is 0 Å². The molecule has 0 atom stereocenters. The van der Waals surface area contributed by atoms with Crippen molar-refractivity contribution >= 4 is 5.78 Å². The largest absolute Gasteiger partial charge is 0.686 e. The SMILES string of the molecule is [2H][O+]=C1/C=C/C=C(/C)C#CC#C/C(C)=C\C=C\1. The maximum atomic E-state index is 6.90. The third-order valence-corrected chi connectivity index (χ3v) is 1.80. The molecular weight excluding hydrogens is 196 g/mol. The van der Waals surface area contributed by atoms with Crippen LogP contribution in [0.15, 0.2) is 47.6 Å². The average molecular weight is 210 g/mol. The Balaban J connectivity index is 3.13. The van der Waals surface area contributed by atoms with Crippen LogP contribution in [-0.2, 0) is 0 Å². The van der Waals surface area contributed by atoms with E-state index in [1.807, 2.05) is 26.0 Å². The molecule has 1 heteroatoms. The van der Waals surface area contributed by atoms with Crippen molar-refractivity contribution in [1.29, 1.82) is 0 Å². The molecule has 0 saturated heterocycles. The number of carbonyl (C=O) groups excluding carboxylic acids is 1. The third kappa shape index (κ3) is 4.84. The van der Waals surface area contributed by atoms with Gasteiger partial charge >= 0.3 is 7.21 Å². The van der Waals surface area contributed by atoms with E-state index in [1.165, 1.54) is 0 Å². The molecule has 0 aromatic carbocycles. The minimum Gasteiger partial charge on any atom is -0.274 e. The molecule has 0 heterocycles. The number of ketones is 1. The number of hydrogen-bond donors (Lipinski definition) is 0. The summed E-state index contributed by atoms with van der Waals surface area (Å²) in [5.74, 6) is 11.8. The van der Waals surface area contributed by atoms with Gasteiger partial charge in [0.1, 0.15) is 0 Å². The van der Waals surface area contributed by atoms with Crippen LogP contribution < -0.4 is 0 Å². The smallest absolute Gasteiger partial charge is 0.274 e. The molecule has 0 radical (unpaired) electrons. The van der Waals surface area contributed by atoms with Gasteiger partial charge in [-0.05, 0) is 36.8 Å². The van der Waals surface area contributed by atoms with Gasteiger partial charge in [0.25, 0.3) is 0 Å². The highest BCUT2D eigenvalue weighted by Gasteiger charge is 1.93. The first-order chi connectivity index (χ1) is 8.22. The van der Waals surface area contributed by atoms with E-state index in [2.05, 4.69) is 28.5 Å². The molecule has 0 saturated carbocycles. The molecule has 0 bridgehead atoms. The molecule has 0 aromatic heterocycles. The number of rotatable bonds is 0. The van der Waals surface area contributed by atoms with Crippen LogP contribution in [0.1, 0.15) is 15.3 Å². The molecule has 16 heavy (non-hydrogen) atoms. The van der Waals surface area contributed by atoms with Crippen molar-refractivity contribution < 1.29 is 6.23 Å². The highest BCUT2D eigenvalue weighted by Crippen LogP contribution is 1.94. The lowest BCUT2D eigenvalue weighted by molar-refractivity contribution is 0.684. The van der Waals surface area contributed by atoms with E-state index < -0.39 is 0 Å². The van der Waals surface area contributed by atoms with Gasteiger partial charge in [-0.3, -0.25) is 4.80 Å². The molecule has 0 amide bonds. The third-order valence-electron chi connectivity index (χ3n) is 1.80. The minimum atomic E-state index is 0.457. The van der Waals surface area contributed by atoms with Gasteiger partial charge in [-0.25, -0.2) is 0 Å². The Bertz CT molecular complexity index is 501. The van der Waals surface area contributed by atoms with Gasteiger partial charge in [-0.1, -0.05) is 36.1 Å². The van der Waals surface area contributed by atoms with Gasteiger partial charge in [0.05, 0.1) is 0 Å². The molecule has 1 aliphatic rings. The Labute approximate surface area is 97.7 Å². The summed E-state index contributed by atoms with van der Waals surface area (Å²) in [5.41, 5.74) is 1.81.